The zero-order chi connectivity index (χ0) is 22.4. The molecule has 0 amide bonds. The summed E-state index contributed by atoms with van der Waals surface area (Å²) in [7, 11) is -3.45. The Hall–Kier alpha value is -2.23. The molecule has 1 fully saturated rings. The van der Waals surface area contributed by atoms with Crippen molar-refractivity contribution in [2.75, 3.05) is 16.7 Å². The predicted molar refractivity (Wildman–Crippen MR) is 121 cm³/mol. The van der Waals surface area contributed by atoms with E-state index in [1.807, 2.05) is 0 Å². The van der Waals surface area contributed by atoms with Gasteiger partial charge >= 0.3 is 5.97 Å². The van der Waals surface area contributed by atoms with Crippen LogP contribution < -0.4 is 4.31 Å². The minimum Gasteiger partial charge on any atom is -0.477 e. The second kappa shape index (κ2) is 10.4. The van der Waals surface area contributed by atoms with Crippen LogP contribution in [0.25, 0.3) is 0 Å². The molecule has 3 rings (SSSR count). The molecule has 2 heterocycles. The van der Waals surface area contributed by atoms with Crippen molar-refractivity contribution in [2.24, 2.45) is 0 Å². The molecule has 0 spiro atoms. The number of sulfonamides is 1. The van der Waals surface area contributed by atoms with E-state index in [0.717, 1.165) is 35.5 Å². The molecule has 2 aromatic rings. The number of aromatic carboxylic acids is 1. The van der Waals surface area contributed by atoms with Crippen LogP contribution in [0, 0.1) is 0 Å². The highest BCUT2D eigenvalue weighted by atomic mass is 32.2. The maximum atomic E-state index is 12.6. The molecule has 1 atom stereocenters. The lowest BCUT2D eigenvalue weighted by atomic mass is 10.0. The molecule has 168 valence electrons. The first kappa shape index (κ1) is 23.4. The van der Waals surface area contributed by atoms with E-state index in [0.29, 0.717) is 24.1 Å². The van der Waals surface area contributed by atoms with E-state index in [9.17, 15) is 18.0 Å². The highest BCUT2D eigenvalue weighted by Gasteiger charge is 2.37. The summed E-state index contributed by atoms with van der Waals surface area (Å²) < 4.78 is 32.3. The number of benzene rings is 1. The van der Waals surface area contributed by atoms with Gasteiger partial charge in [-0.25, -0.2) is 13.2 Å². The first-order valence-corrected chi connectivity index (χ1v) is 12.8. The number of ketones is 1. The summed E-state index contributed by atoms with van der Waals surface area (Å²) >= 11 is 1.14. The van der Waals surface area contributed by atoms with E-state index < -0.39 is 16.0 Å². The molecule has 31 heavy (non-hydrogen) atoms. The number of anilines is 1. The smallest absolute Gasteiger partial charge is 0.345 e. The van der Waals surface area contributed by atoms with Crippen molar-refractivity contribution in [3.05, 3.63) is 51.7 Å². The Labute approximate surface area is 186 Å². The van der Waals surface area contributed by atoms with E-state index in [1.165, 1.54) is 10.4 Å². The Morgan fingerprint density at radius 3 is 2.55 bits per heavy atom. The van der Waals surface area contributed by atoms with Gasteiger partial charge in [0.25, 0.3) is 0 Å². The molecule has 0 radical (unpaired) electrons. The Morgan fingerprint density at radius 2 is 1.90 bits per heavy atom. The number of nitrogens with zero attached hydrogens (tertiary/aromatic N) is 1. The number of carboxylic acids is 1. The van der Waals surface area contributed by atoms with Crippen LogP contribution in [0.15, 0.2) is 36.4 Å². The minimum atomic E-state index is -3.45. The molecule has 1 saturated heterocycles. The van der Waals surface area contributed by atoms with Gasteiger partial charge in [0.1, 0.15) is 4.88 Å². The number of carbonyl (C=O) groups is 2. The van der Waals surface area contributed by atoms with E-state index in [4.69, 9.17) is 9.84 Å². The zero-order valence-electron chi connectivity index (χ0n) is 17.5. The van der Waals surface area contributed by atoms with E-state index in [-0.39, 0.29) is 35.7 Å². The first-order valence-electron chi connectivity index (χ1n) is 10.4. The minimum absolute atomic E-state index is 0.0426. The maximum Gasteiger partial charge on any atom is 0.345 e. The molecule has 1 aromatic heterocycles. The second-order valence-electron chi connectivity index (χ2n) is 7.57. The Balaban J connectivity index is 1.63. The number of hydrogen-bond acceptors (Lipinski definition) is 6. The van der Waals surface area contributed by atoms with Gasteiger partial charge in [0.05, 0.1) is 30.7 Å². The first-order chi connectivity index (χ1) is 14.8. The van der Waals surface area contributed by atoms with Crippen molar-refractivity contribution in [3.8, 4) is 0 Å². The van der Waals surface area contributed by atoms with Gasteiger partial charge in [-0.2, -0.15) is 0 Å². The van der Waals surface area contributed by atoms with Crippen molar-refractivity contribution in [3.63, 3.8) is 0 Å². The van der Waals surface area contributed by atoms with Crippen LogP contribution in [-0.4, -0.2) is 43.7 Å². The van der Waals surface area contributed by atoms with Gasteiger partial charge in [0.2, 0.25) is 10.0 Å². The van der Waals surface area contributed by atoms with Crippen molar-refractivity contribution < 1.29 is 27.9 Å². The largest absolute Gasteiger partial charge is 0.477 e. The van der Waals surface area contributed by atoms with Crippen molar-refractivity contribution in [2.45, 2.75) is 51.7 Å². The molecule has 1 aromatic carbocycles. The van der Waals surface area contributed by atoms with Crippen LogP contribution in [0.3, 0.4) is 0 Å². The highest BCUT2D eigenvalue weighted by molar-refractivity contribution is 7.93. The fourth-order valence-corrected chi connectivity index (χ4v) is 6.20. The number of thiophene rings is 1. The Bertz CT molecular complexity index is 1010. The third-order valence-electron chi connectivity index (χ3n) is 5.22. The summed E-state index contributed by atoms with van der Waals surface area (Å²) in [4.78, 5) is 24.3. The summed E-state index contributed by atoms with van der Waals surface area (Å²) in [5, 5.41) is 9.00. The van der Waals surface area contributed by atoms with E-state index in [1.54, 1.807) is 30.3 Å². The quantitative estimate of drug-likeness (QED) is 0.391. The Kier molecular flexibility index (Phi) is 7.85. The van der Waals surface area contributed by atoms with Crippen molar-refractivity contribution in [1.29, 1.82) is 0 Å². The standard InChI is InChI=1S/C22H27NO6S2/c1-2-3-4-5-20(24)16-6-8-17(9-7-16)23-18(12-13-31(23,27)28)14-29-15-19-10-11-21(30-19)22(25)26/h6-11,18H,2-5,12-15H2,1H3,(H,25,26). The number of unbranched alkanes of at least 4 members (excludes halogenated alkanes) is 2. The van der Waals surface area contributed by atoms with Gasteiger partial charge in [-0.15, -0.1) is 11.3 Å². The van der Waals surface area contributed by atoms with Gasteiger partial charge in [0, 0.05) is 16.9 Å². The molecule has 7 nitrogen and oxygen atoms in total. The SMILES string of the molecule is CCCCCC(=O)c1ccc(N2C(COCc3ccc(C(=O)O)s3)CCS2(=O)=O)cc1. The summed E-state index contributed by atoms with van der Waals surface area (Å²) in [6, 6.07) is 9.64. The van der Waals surface area contributed by atoms with Gasteiger partial charge in [0.15, 0.2) is 5.78 Å². The fraction of sp³-hybridized carbons (Fsp3) is 0.455. The number of rotatable bonds is 11. The molecule has 0 bridgehead atoms. The lowest BCUT2D eigenvalue weighted by Crippen LogP contribution is -2.36. The molecular formula is C22H27NO6S2. The number of hydrogen-bond donors (Lipinski definition) is 1. The molecule has 0 aliphatic carbocycles. The summed E-state index contributed by atoms with van der Waals surface area (Å²) in [6.07, 6.45) is 3.87. The van der Waals surface area contributed by atoms with Gasteiger partial charge in [-0.3, -0.25) is 9.10 Å². The highest BCUT2D eigenvalue weighted by Crippen LogP contribution is 2.30. The summed E-state index contributed by atoms with van der Waals surface area (Å²) in [5.74, 6) is -0.863. The molecule has 1 aliphatic rings. The number of Topliss-reactive ketones (excluding diaryl/α,β-unsaturated/α-hetero) is 1. The molecule has 1 N–H and O–H groups in total. The van der Waals surface area contributed by atoms with Crippen LogP contribution in [0.4, 0.5) is 5.69 Å². The van der Waals surface area contributed by atoms with Gasteiger partial charge in [-0.1, -0.05) is 19.8 Å². The zero-order valence-corrected chi connectivity index (χ0v) is 19.1. The predicted octanol–water partition coefficient (Wildman–Crippen LogP) is 4.33. The molecular weight excluding hydrogens is 438 g/mol. The average Bonchev–Trinajstić information content (AvgIpc) is 3.33. The summed E-state index contributed by atoms with van der Waals surface area (Å²) in [6.45, 7) is 2.52. The van der Waals surface area contributed by atoms with Crippen LogP contribution in [-0.2, 0) is 21.4 Å². The normalized spacial score (nSPS) is 17.7. The van der Waals surface area contributed by atoms with Crippen molar-refractivity contribution in [1.82, 2.24) is 0 Å². The van der Waals surface area contributed by atoms with Gasteiger partial charge < -0.3 is 9.84 Å². The average molecular weight is 466 g/mol. The molecule has 9 heteroatoms. The van der Waals surface area contributed by atoms with Crippen molar-refractivity contribution >= 4 is 38.8 Å². The van der Waals surface area contributed by atoms with E-state index in [2.05, 4.69) is 6.92 Å². The van der Waals surface area contributed by atoms with Crippen LogP contribution >= 0.6 is 11.3 Å². The summed E-state index contributed by atoms with van der Waals surface area (Å²) in [5.41, 5.74) is 1.12. The molecule has 1 aliphatic heterocycles. The lowest BCUT2D eigenvalue weighted by molar-refractivity contribution is 0.0702. The second-order valence-corrected chi connectivity index (χ2v) is 10.7. The fourth-order valence-electron chi connectivity index (χ4n) is 3.59. The Morgan fingerprint density at radius 1 is 1.16 bits per heavy atom. The lowest BCUT2D eigenvalue weighted by Gasteiger charge is -2.25. The third-order valence-corrected chi connectivity index (χ3v) is 8.13. The number of ether oxygens (including phenoxy) is 1. The van der Waals surface area contributed by atoms with Crippen LogP contribution in [0.2, 0.25) is 0 Å². The number of carbonyl (C=O) groups excluding carboxylic acids is 1. The topological polar surface area (TPSA) is 101 Å². The number of carboxylic acid groups (broad SMARTS) is 1. The molecule has 1 unspecified atom stereocenters. The van der Waals surface area contributed by atoms with E-state index >= 15 is 0 Å². The maximum absolute atomic E-state index is 12.6. The van der Waals surface area contributed by atoms with Crippen LogP contribution in [0.5, 0.6) is 0 Å². The molecule has 0 saturated carbocycles. The van der Waals surface area contributed by atoms with Crippen LogP contribution in [0.1, 0.15) is 63.9 Å². The van der Waals surface area contributed by atoms with Gasteiger partial charge in [-0.05, 0) is 49.2 Å². The third kappa shape index (κ3) is 5.93. The monoisotopic (exact) mass is 465 g/mol.